The summed E-state index contributed by atoms with van der Waals surface area (Å²) >= 11 is 17.8. The number of carbonyl (C=O) groups is 1. The van der Waals surface area contributed by atoms with Gasteiger partial charge >= 0.3 is 0 Å². The molecule has 0 saturated heterocycles. The monoisotopic (exact) mass is 490 g/mol. The van der Waals surface area contributed by atoms with Crippen LogP contribution in [0.4, 0.5) is 5.69 Å². The number of nitrogens with one attached hydrogen (secondary N) is 2. The van der Waals surface area contributed by atoms with Crippen LogP contribution in [0.5, 0.6) is 5.75 Å². The van der Waals surface area contributed by atoms with Crippen molar-refractivity contribution in [3.05, 3.63) is 55.9 Å². The van der Waals surface area contributed by atoms with Gasteiger partial charge in [0, 0.05) is 15.2 Å². The average Bonchev–Trinajstić information content (AvgIpc) is 2.45. The Hall–Kier alpha value is -1.15. The van der Waals surface area contributed by atoms with Crippen LogP contribution in [-0.4, -0.2) is 17.6 Å². The highest BCUT2D eigenvalue weighted by atomic mass is 79.9. The van der Waals surface area contributed by atoms with Crippen LogP contribution in [0.25, 0.3) is 0 Å². The summed E-state index contributed by atoms with van der Waals surface area (Å²) in [7, 11) is 0. The van der Waals surface area contributed by atoms with Gasteiger partial charge < -0.3 is 10.1 Å². The largest absolute Gasteiger partial charge is 0.482 e. The predicted octanol–water partition coefficient (Wildman–Crippen LogP) is 5.07. The van der Waals surface area contributed by atoms with E-state index in [0.717, 1.165) is 14.5 Å². The van der Waals surface area contributed by atoms with E-state index >= 15 is 0 Å². The number of hydrogen-bond acceptors (Lipinski definition) is 3. The Balaban J connectivity index is 1.88. The first-order valence-corrected chi connectivity index (χ1v) is 9.17. The molecule has 0 unspecified atom stereocenters. The van der Waals surface area contributed by atoms with E-state index in [-0.39, 0.29) is 17.6 Å². The maximum atomic E-state index is 12.0. The van der Waals surface area contributed by atoms with Crippen molar-refractivity contribution in [2.45, 2.75) is 6.92 Å². The van der Waals surface area contributed by atoms with Gasteiger partial charge in [0.05, 0.1) is 4.47 Å². The molecule has 8 heteroatoms. The Morgan fingerprint density at radius 2 is 2.04 bits per heavy atom. The van der Waals surface area contributed by atoms with Crippen molar-refractivity contribution in [2.24, 2.45) is 0 Å². The molecule has 2 N–H and O–H groups in total. The van der Waals surface area contributed by atoms with Crippen LogP contribution >= 0.6 is 55.7 Å². The number of rotatable bonds is 4. The molecular weight excluding hydrogens is 480 g/mol. The lowest BCUT2D eigenvalue weighted by molar-refractivity contribution is -0.121. The molecule has 2 aromatic rings. The zero-order valence-corrected chi connectivity index (χ0v) is 17.3. The standard InChI is InChI=1S/C16H13Br2ClN2O2S/c1-9-5-10(17)6-13(18)15(9)23-8-14(22)21-16(24)20-12-4-2-3-11(19)7-12/h2-7H,8H2,1H3,(H2,20,21,22,24). The number of ether oxygens (including phenoxy) is 1. The van der Waals surface area contributed by atoms with Crippen LogP contribution in [0, 0.1) is 6.92 Å². The van der Waals surface area contributed by atoms with E-state index in [9.17, 15) is 4.79 Å². The normalized spacial score (nSPS) is 10.2. The fraction of sp³-hybridized carbons (Fsp3) is 0.125. The summed E-state index contributed by atoms with van der Waals surface area (Å²) in [4.78, 5) is 12.0. The van der Waals surface area contributed by atoms with Crippen molar-refractivity contribution in [1.82, 2.24) is 5.32 Å². The van der Waals surface area contributed by atoms with Crippen molar-refractivity contribution in [2.75, 3.05) is 11.9 Å². The Morgan fingerprint density at radius 1 is 1.29 bits per heavy atom. The van der Waals surface area contributed by atoms with E-state index in [2.05, 4.69) is 42.5 Å². The minimum absolute atomic E-state index is 0.154. The first-order valence-electron chi connectivity index (χ1n) is 6.80. The van der Waals surface area contributed by atoms with E-state index in [4.69, 9.17) is 28.6 Å². The number of aryl methyl sites for hydroxylation is 1. The number of amides is 1. The van der Waals surface area contributed by atoms with Gasteiger partial charge in [-0.1, -0.05) is 33.6 Å². The van der Waals surface area contributed by atoms with Gasteiger partial charge in [-0.3, -0.25) is 10.1 Å². The van der Waals surface area contributed by atoms with Gasteiger partial charge in [0.1, 0.15) is 5.75 Å². The number of thiocarbonyl (C=S) groups is 1. The third-order valence-electron chi connectivity index (χ3n) is 2.88. The maximum Gasteiger partial charge on any atom is 0.264 e. The van der Waals surface area contributed by atoms with Crippen molar-refractivity contribution in [1.29, 1.82) is 0 Å². The first-order chi connectivity index (χ1) is 11.3. The molecular formula is C16H13Br2ClN2O2S. The fourth-order valence-electron chi connectivity index (χ4n) is 1.90. The molecule has 0 aliphatic rings. The Morgan fingerprint density at radius 3 is 2.71 bits per heavy atom. The molecule has 24 heavy (non-hydrogen) atoms. The summed E-state index contributed by atoms with van der Waals surface area (Å²) in [6.07, 6.45) is 0. The van der Waals surface area contributed by atoms with Crippen molar-refractivity contribution in [3.8, 4) is 5.75 Å². The summed E-state index contributed by atoms with van der Waals surface area (Å²) in [6, 6.07) is 10.8. The lowest BCUT2D eigenvalue weighted by Gasteiger charge is -2.13. The number of carbonyl (C=O) groups excluding carboxylic acids is 1. The van der Waals surface area contributed by atoms with Crippen LogP contribution in [0.1, 0.15) is 5.56 Å². The van der Waals surface area contributed by atoms with Gasteiger partial charge in [-0.05, 0) is 71.0 Å². The molecule has 0 bridgehead atoms. The summed E-state index contributed by atoms with van der Waals surface area (Å²) in [6.45, 7) is 1.74. The predicted molar refractivity (Wildman–Crippen MR) is 108 cm³/mol. The van der Waals surface area contributed by atoms with Crippen LogP contribution < -0.4 is 15.4 Å². The van der Waals surface area contributed by atoms with Gasteiger partial charge in [0.15, 0.2) is 11.7 Å². The van der Waals surface area contributed by atoms with Crippen LogP contribution in [0.3, 0.4) is 0 Å². The lowest BCUT2D eigenvalue weighted by atomic mass is 10.2. The number of benzene rings is 2. The molecule has 0 fully saturated rings. The smallest absolute Gasteiger partial charge is 0.264 e. The molecule has 1 amide bonds. The van der Waals surface area contributed by atoms with E-state index in [1.807, 2.05) is 19.1 Å². The van der Waals surface area contributed by atoms with E-state index in [1.54, 1.807) is 24.3 Å². The zero-order chi connectivity index (χ0) is 17.7. The number of halogens is 3. The van der Waals surface area contributed by atoms with Crippen LogP contribution in [0.2, 0.25) is 5.02 Å². The molecule has 0 aromatic heterocycles. The third kappa shape index (κ3) is 5.73. The van der Waals surface area contributed by atoms with Crippen LogP contribution in [-0.2, 0) is 4.79 Å². The molecule has 0 heterocycles. The minimum Gasteiger partial charge on any atom is -0.482 e. The van der Waals surface area contributed by atoms with E-state index in [1.165, 1.54) is 0 Å². The van der Waals surface area contributed by atoms with Gasteiger partial charge in [-0.2, -0.15) is 0 Å². The van der Waals surface area contributed by atoms with Gasteiger partial charge in [0.25, 0.3) is 5.91 Å². The Kier molecular flexibility index (Phi) is 7.03. The maximum absolute atomic E-state index is 12.0. The SMILES string of the molecule is Cc1cc(Br)cc(Br)c1OCC(=O)NC(=S)Nc1cccc(Cl)c1. The minimum atomic E-state index is -0.358. The number of anilines is 1. The highest BCUT2D eigenvalue weighted by Gasteiger charge is 2.11. The van der Waals surface area contributed by atoms with Crippen molar-refractivity contribution >= 4 is 72.4 Å². The molecule has 0 saturated carbocycles. The Bertz CT molecular complexity index is 763. The number of hydrogen-bond donors (Lipinski definition) is 2. The van der Waals surface area contributed by atoms with Gasteiger partial charge in [0.2, 0.25) is 0 Å². The zero-order valence-electron chi connectivity index (χ0n) is 12.5. The molecule has 0 aliphatic heterocycles. The van der Waals surface area contributed by atoms with Gasteiger partial charge in [-0.15, -0.1) is 0 Å². The quantitative estimate of drug-likeness (QED) is 0.586. The molecule has 0 spiro atoms. The summed E-state index contributed by atoms with van der Waals surface area (Å²) in [5, 5.41) is 6.20. The summed E-state index contributed by atoms with van der Waals surface area (Å²) < 4.78 is 7.26. The van der Waals surface area contributed by atoms with Crippen molar-refractivity contribution in [3.63, 3.8) is 0 Å². The van der Waals surface area contributed by atoms with Gasteiger partial charge in [-0.25, -0.2) is 0 Å². The topological polar surface area (TPSA) is 50.4 Å². The second-order valence-electron chi connectivity index (χ2n) is 4.83. The molecule has 2 rings (SSSR count). The molecule has 4 nitrogen and oxygen atoms in total. The summed E-state index contributed by atoms with van der Waals surface area (Å²) in [5.74, 6) is 0.255. The lowest BCUT2D eigenvalue weighted by Crippen LogP contribution is -2.37. The van der Waals surface area contributed by atoms with E-state index in [0.29, 0.717) is 16.5 Å². The second kappa shape index (κ2) is 8.80. The molecule has 0 radical (unpaired) electrons. The Labute approximate surface area is 167 Å². The second-order valence-corrected chi connectivity index (χ2v) is 7.45. The van der Waals surface area contributed by atoms with Crippen molar-refractivity contribution < 1.29 is 9.53 Å². The molecule has 0 aliphatic carbocycles. The molecule has 2 aromatic carbocycles. The third-order valence-corrected chi connectivity index (χ3v) is 4.36. The first kappa shape index (κ1) is 19.2. The average molecular weight is 493 g/mol. The molecule has 126 valence electrons. The van der Waals surface area contributed by atoms with E-state index < -0.39 is 0 Å². The van der Waals surface area contributed by atoms with Crippen LogP contribution in [0.15, 0.2) is 45.3 Å². The highest BCUT2D eigenvalue weighted by molar-refractivity contribution is 9.11. The summed E-state index contributed by atoms with van der Waals surface area (Å²) in [5.41, 5.74) is 1.60. The highest BCUT2D eigenvalue weighted by Crippen LogP contribution is 2.32. The fourth-order valence-corrected chi connectivity index (χ4v) is 3.88. The molecule has 0 atom stereocenters.